The van der Waals surface area contributed by atoms with Crippen molar-refractivity contribution < 1.29 is 0 Å². The zero-order valence-corrected chi connectivity index (χ0v) is 15.4. The van der Waals surface area contributed by atoms with Crippen molar-refractivity contribution >= 4 is 45.4 Å². The molecule has 1 aliphatic heterocycles. The largest absolute Gasteiger partial charge is 0.106 e. The monoisotopic (exact) mass is 370 g/mol. The molecular weight excluding hydrogens is 352 g/mol. The highest BCUT2D eigenvalue weighted by atomic mass is 79.9. The summed E-state index contributed by atoms with van der Waals surface area (Å²) in [6, 6.07) is 2.42. The third-order valence-corrected chi connectivity index (χ3v) is 6.66. The number of allylic oxidation sites excluding steroid dienone is 5. The summed E-state index contributed by atoms with van der Waals surface area (Å²) in [6.07, 6.45) is 14.9. The summed E-state index contributed by atoms with van der Waals surface area (Å²) in [5.41, 5.74) is 7.46. The third-order valence-electron chi connectivity index (χ3n) is 4.88. The second kappa shape index (κ2) is 5.58. The van der Waals surface area contributed by atoms with Gasteiger partial charge < -0.3 is 0 Å². The van der Waals surface area contributed by atoms with Gasteiger partial charge in [-0.2, -0.15) is 0 Å². The van der Waals surface area contributed by atoms with Gasteiger partial charge in [0.15, 0.2) is 0 Å². The molecule has 0 N–H and O–H groups in total. The van der Waals surface area contributed by atoms with Crippen LogP contribution < -0.4 is 10.4 Å². The van der Waals surface area contributed by atoms with Crippen molar-refractivity contribution in [3.05, 3.63) is 57.0 Å². The molecule has 1 unspecified atom stereocenters. The highest BCUT2D eigenvalue weighted by molar-refractivity contribution is 9.11. The van der Waals surface area contributed by atoms with E-state index in [2.05, 4.69) is 66.2 Å². The Morgan fingerprint density at radius 2 is 2.14 bits per heavy atom. The summed E-state index contributed by atoms with van der Waals surface area (Å²) < 4.78 is 0.423. The van der Waals surface area contributed by atoms with E-state index < -0.39 is 0 Å². The molecule has 1 heterocycles. The lowest BCUT2D eigenvalue weighted by molar-refractivity contribution is 0.958. The van der Waals surface area contributed by atoms with Crippen LogP contribution in [0.4, 0.5) is 0 Å². The van der Waals surface area contributed by atoms with Gasteiger partial charge in [0.05, 0.1) is 4.16 Å². The molecule has 0 radical (unpaired) electrons. The van der Waals surface area contributed by atoms with Crippen molar-refractivity contribution in [2.24, 2.45) is 0 Å². The minimum absolute atomic E-state index is 0.423. The predicted molar refractivity (Wildman–Crippen MR) is 102 cm³/mol. The van der Waals surface area contributed by atoms with Crippen molar-refractivity contribution in [1.82, 2.24) is 0 Å². The van der Waals surface area contributed by atoms with E-state index in [1.807, 2.05) is 11.8 Å². The van der Waals surface area contributed by atoms with Gasteiger partial charge in [-0.1, -0.05) is 51.9 Å². The fourth-order valence-electron chi connectivity index (χ4n) is 3.66. The molecule has 1 aromatic carbocycles. The first-order valence-electron chi connectivity index (χ1n) is 7.86. The number of rotatable bonds is 3. The fourth-order valence-corrected chi connectivity index (χ4v) is 5.50. The summed E-state index contributed by atoms with van der Waals surface area (Å²) >= 11 is 5.64. The number of halogens is 1. The molecule has 22 heavy (non-hydrogen) atoms. The summed E-state index contributed by atoms with van der Waals surface area (Å²) in [7, 11) is 0. The Morgan fingerprint density at radius 3 is 2.91 bits per heavy atom. The van der Waals surface area contributed by atoms with Crippen LogP contribution in [0.5, 0.6) is 0 Å². The Labute approximate surface area is 144 Å². The molecule has 0 bridgehead atoms. The van der Waals surface area contributed by atoms with Crippen LogP contribution in [-0.2, 0) is 0 Å². The van der Waals surface area contributed by atoms with Crippen LogP contribution in [-0.4, -0.2) is 4.16 Å². The van der Waals surface area contributed by atoms with Gasteiger partial charge in [-0.05, 0) is 71.9 Å². The van der Waals surface area contributed by atoms with Crippen LogP contribution in [0.15, 0.2) is 40.3 Å². The molecule has 2 heteroatoms. The van der Waals surface area contributed by atoms with E-state index >= 15 is 0 Å². The standard InChI is InChI=1S/C20H19BrS/c1-12-9-16-13(2)17-11-20(21)22-19(17)10-18(16)15(12)8-7-14-5-3-4-6-14/h3-5,9-11,20H,6-8H2,1-2H3. The van der Waals surface area contributed by atoms with Crippen LogP contribution in [0.3, 0.4) is 0 Å². The summed E-state index contributed by atoms with van der Waals surface area (Å²) in [5, 5.41) is 2.90. The van der Waals surface area contributed by atoms with Crippen molar-refractivity contribution in [1.29, 1.82) is 0 Å². The van der Waals surface area contributed by atoms with E-state index in [0.717, 1.165) is 12.8 Å². The van der Waals surface area contributed by atoms with E-state index in [1.165, 1.54) is 38.5 Å². The van der Waals surface area contributed by atoms with E-state index in [1.54, 1.807) is 11.1 Å². The van der Waals surface area contributed by atoms with Gasteiger partial charge in [0, 0.05) is 4.90 Å². The van der Waals surface area contributed by atoms with E-state index in [0.29, 0.717) is 4.16 Å². The van der Waals surface area contributed by atoms with Gasteiger partial charge in [-0.15, -0.1) is 11.8 Å². The molecule has 0 fully saturated rings. The molecule has 0 saturated heterocycles. The number of alkyl halides is 1. The first kappa shape index (κ1) is 14.6. The Bertz CT molecular complexity index is 868. The molecule has 0 amide bonds. The van der Waals surface area contributed by atoms with Gasteiger partial charge in [-0.25, -0.2) is 0 Å². The minimum Gasteiger partial charge on any atom is -0.106 e. The molecule has 112 valence electrons. The molecule has 1 atom stereocenters. The topological polar surface area (TPSA) is 0 Å². The molecule has 3 aliphatic rings. The van der Waals surface area contributed by atoms with Gasteiger partial charge in [-0.3, -0.25) is 0 Å². The van der Waals surface area contributed by atoms with Crippen molar-refractivity contribution in [2.75, 3.05) is 0 Å². The average Bonchev–Trinajstić information content (AvgIpc) is 3.17. The van der Waals surface area contributed by atoms with Gasteiger partial charge >= 0.3 is 0 Å². The van der Waals surface area contributed by atoms with Gasteiger partial charge in [0.25, 0.3) is 0 Å². The van der Waals surface area contributed by atoms with Crippen LogP contribution in [0.25, 0.3) is 17.7 Å². The Hall–Kier alpha value is -0.990. The number of benzene rings is 1. The van der Waals surface area contributed by atoms with Crippen molar-refractivity contribution in [2.45, 2.75) is 42.2 Å². The number of thioether (sulfide) groups is 1. The molecular formula is C20H19BrS. The second-order valence-corrected chi connectivity index (χ2v) is 9.05. The SMILES string of the molecule is CC1=Cc2c(C)c3c(cc2=C1CCC1=CC=CC1)SC(Br)C=3. The van der Waals surface area contributed by atoms with Crippen LogP contribution >= 0.6 is 27.7 Å². The third kappa shape index (κ3) is 2.37. The van der Waals surface area contributed by atoms with Crippen LogP contribution in [0.1, 0.15) is 37.3 Å². The van der Waals surface area contributed by atoms with Crippen molar-refractivity contribution in [3.8, 4) is 0 Å². The number of fused-ring (bicyclic) bond motifs is 2. The van der Waals surface area contributed by atoms with Gasteiger partial charge in [0.2, 0.25) is 0 Å². The zero-order valence-electron chi connectivity index (χ0n) is 12.9. The van der Waals surface area contributed by atoms with E-state index in [9.17, 15) is 0 Å². The molecule has 0 saturated carbocycles. The number of hydrogen-bond acceptors (Lipinski definition) is 1. The average molecular weight is 371 g/mol. The first-order valence-corrected chi connectivity index (χ1v) is 9.65. The summed E-state index contributed by atoms with van der Waals surface area (Å²) in [4.78, 5) is 1.43. The quantitative estimate of drug-likeness (QED) is 0.686. The Morgan fingerprint density at radius 1 is 1.27 bits per heavy atom. The maximum Gasteiger partial charge on any atom is 0.0836 e. The smallest absolute Gasteiger partial charge is 0.0836 e. The van der Waals surface area contributed by atoms with Crippen LogP contribution in [0, 0.1) is 6.92 Å². The molecule has 4 rings (SSSR count). The fraction of sp³-hybridized carbons (Fsp3) is 0.300. The summed E-state index contributed by atoms with van der Waals surface area (Å²) in [6.45, 7) is 4.54. The molecule has 0 aromatic heterocycles. The lowest BCUT2D eigenvalue weighted by Crippen LogP contribution is -2.18. The van der Waals surface area contributed by atoms with Crippen molar-refractivity contribution in [3.63, 3.8) is 0 Å². The maximum absolute atomic E-state index is 3.72. The normalized spacial score (nSPS) is 21.6. The number of hydrogen-bond donors (Lipinski definition) is 0. The molecule has 2 aliphatic carbocycles. The lowest BCUT2D eigenvalue weighted by Gasteiger charge is -2.07. The highest BCUT2D eigenvalue weighted by Crippen LogP contribution is 2.33. The molecule has 1 aromatic rings. The molecule has 0 nitrogen and oxygen atoms in total. The Balaban J connectivity index is 1.77. The zero-order chi connectivity index (χ0) is 15.3. The molecule has 0 spiro atoms. The van der Waals surface area contributed by atoms with Crippen LogP contribution in [0.2, 0.25) is 0 Å². The van der Waals surface area contributed by atoms with E-state index in [-0.39, 0.29) is 0 Å². The van der Waals surface area contributed by atoms with E-state index in [4.69, 9.17) is 0 Å². The van der Waals surface area contributed by atoms with Gasteiger partial charge in [0.1, 0.15) is 0 Å². The highest BCUT2D eigenvalue weighted by Gasteiger charge is 2.20. The second-order valence-electron chi connectivity index (χ2n) is 6.27. The predicted octanol–water partition coefficient (Wildman–Crippen LogP) is 4.84. The maximum atomic E-state index is 3.72. The minimum atomic E-state index is 0.423. The Kier molecular flexibility index (Phi) is 3.70. The first-order chi connectivity index (χ1) is 10.6. The summed E-state index contributed by atoms with van der Waals surface area (Å²) in [5.74, 6) is 0. The lowest BCUT2D eigenvalue weighted by atomic mass is 9.99.